The number of hydrogen-bond acceptors (Lipinski definition) is 4. The average Bonchev–Trinajstić information content (AvgIpc) is 2.93. The van der Waals surface area contributed by atoms with Crippen LogP contribution in [0.15, 0.2) is 91.0 Å². The van der Waals surface area contributed by atoms with Gasteiger partial charge in [0.05, 0.1) is 10.6 Å². The zero-order chi connectivity index (χ0) is 27.7. The van der Waals surface area contributed by atoms with Crippen LogP contribution >= 0.6 is 23.2 Å². The molecular formula is C31H21Cl2NO5. The van der Waals surface area contributed by atoms with E-state index in [-0.39, 0.29) is 29.1 Å². The molecule has 0 spiro atoms. The summed E-state index contributed by atoms with van der Waals surface area (Å²) in [6.07, 6.45) is 0.0445. The second-order valence-electron chi connectivity index (χ2n) is 9.18. The number of Topliss-reactive ketones (excluding diaryl/α,β-unsaturated/α-hetero) is 2. The van der Waals surface area contributed by atoms with Crippen LogP contribution in [-0.4, -0.2) is 39.5 Å². The van der Waals surface area contributed by atoms with Crippen LogP contribution in [-0.2, 0) is 17.8 Å². The molecule has 4 aromatic rings. The molecule has 5 rings (SSSR count). The van der Waals surface area contributed by atoms with Gasteiger partial charge in [0, 0.05) is 29.1 Å². The van der Waals surface area contributed by atoms with Crippen molar-refractivity contribution in [3.63, 3.8) is 0 Å². The summed E-state index contributed by atoms with van der Waals surface area (Å²) in [6, 6.07) is 24.0. The van der Waals surface area contributed by atoms with Gasteiger partial charge in [-0.15, -0.1) is 0 Å². The lowest BCUT2D eigenvalue weighted by Gasteiger charge is -2.30. The third kappa shape index (κ3) is 5.21. The fraction of sp³-hybridized carbons (Fsp3) is 0.0968. The number of nitrogens with zero attached hydrogens (tertiary/aromatic N) is 1. The van der Waals surface area contributed by atoms with E-state index in [2.05, 4.69) is 0 Å². The van der Waals surface area contributed by atoms with Crippen molar-refractivity contribution in [2.24, 2.45) is 0 Å². The third-order valence-electron chi connectivity index (χ3n) is 6.71. The summed E-state index contributed by atoms with van der Waals surface area (Å²) in [5.74, 6) is -3.06. The van der Waals surface area contributed by atoms with Crippen LogP contribution in [0.5, 0.6) is 0 Å². The first-order chi connectivity index (χ1) is 18.7. The van der Waals surface area contributed by atoms with Gasteiger partial charge in [-0.3, -0.25) is 14.4 Å². The minimum absolute atomic E-state index is 0.0445. The highest BCUT2D eigenvalue weighted by atomic mass is 35.5. The Balaban J connectivity index is 1.57. The molecule has 4 aromatic carbocycles. The minimum Gasteiger partial charge on any atom is -0.480 e. The number of fused-ring (bicyclic) bond motifs is 3. The SMILES string of the molecule is O=C1C(=O)c2cc(CN(C(=O)c3ccc(Cl)cc3Cl)[C@@H](Cc3ccccc3)C(=O)O)ccc2-c2ccccc21. The highest BCUT2D eigenvalue weighted by Crippen LogP contribution is 2.34. The molecule has 0 bridgehead atoms. The predicted octanol–water partition coefficient (Wildman–Crippen LogP) is 6.38. The molecule has 0 aromatic heterocycles. The molecule has 0 fully saturated rings. The smallest absolute Gasteiger partial charge is 0.326 e. The van der Waals surface area contributed by atoms with Gasteiger partial charge < -0.3 is 10.0 Å². The Morgan fingerprint density at radius 3 is 2.05 bits per heavy atom. The minimum atomic E-state index is -1.25. The molecule has 0 heterocycles. The summed E-state index contributed by atoms with van der Waals surface area (Å²) in [7, 11) is 0. The monoisotopic (exact) mass is 557 g/mol. The second-order valence-corrected chi connectivity index (χ2v) is 10.0. The predicted molar refractivity (Wildman–Crippen MR) is 148 cm³/mol. The van der Waals surface area contributed by atoms with Crippen molar-refractivity contribution >= 4 is 46.6 Å². The van der Waals surface area contributed by atoms with Gasteiger partial charge >= 0.3 is 5.97 Å². The van der Waals surface area contributed by atoms with Crippen LogP contribution in [0, 0.1) is 0 Å². The van der Waals surface area contributed by atoms with Gasteiger partial charge in [0.2, 0.25) is 11.6 Å². The zero-order valence-electron chi connectivity index (χ0n) is 20.4. The Morgan fingerprint density at radius 2 is 1.36 bits per heavy atom. The van der Waals surface area contributed by atoms with Crippen molar-refractivity contribution < 1.29 is 24.3 Å². The van der Waals surface area contributed by atoms with E-state index in [4.69, 9.17) is 23.2 Å². The van der Waals surface area contributed by atoms with Crippen LogP contribution in [0.4, 0.5) is 0 Å². The topological polar surface area (TPSA) is 91.8 Å². The Hall–Kier alpha value is -4.26. The third-order valence-corrected chi connectivity index (χ3v) is 7.25. The van der Waals surface area contributed by atoms with E-state index in [1.807, 2.05) is 6.07 Å². The molecular weight excluding hydrogens is 537 g/mol. The maximum atomic E-state index is 13.8. The van der Waals surface area contributed by atoms with Crippen molar-refractivity contribution in [2.75, 3.05) is 0 Å². The molecule has 1 atom stereocenters. The van der Waals surface area contributed by atoms with Crippen LogP contribution < -0.4 is 0 Å². The second kappa shape index (κ2) is 10.8. The van der Waals surface area contributed by atoms with E-state index >= 15 is 0 Å². The first-order valence-corrected chi connectivity index (χ1v) is 12.8. The molecule has 1 aliphatic rings. The van der Waals surface area contributed by atoms with Gasteiger partial charge in [-0.2, -0.15) is 0 Å². The summed E-state index contributed by atoms with van der Waals surface area (Å²) in [6.45, 7) is -0.141. The number of rotatable bonds is 7. The summed E-state index contributed by atoms with van der Waals surface area (Å²) in [4.78, 5) is 53.3. The van der Waals surface area contributed by atoms with E-state index in [1.165, 1.54) is 23.1 Å². The van der Waals surface area contributed by atoms with Gasteiger partial charge in [-0.05, 0) is 46.5 Å². The molecule has 1 aliphatic carbocycles. The number of carboxylic acid groups (broad SMARTS) is 1. The quantitative estimate of drug-likeness (QED) is 0.266. The fourth-order valence-corrected chi connectivity index (χ4v) is 5.27. The molecule has 0 saturated heterocycles. The van der Waals surface area contributed by atoms with Gasteiger partial charge in [-0.25, -0.2) is 4.79 Å². The molecule has 0 saturated carbocycles. The number of carbonyl (C=O) groups is 4. The van der Waals surface area contributed by atoms with Gasteiger partial charge in [-0.1, -0.05) is 89.9 Å². The normalized spacial score (nSPS) is 12.9. The molecule has 194 valence electrons. The Labute approximate surface area is 234 Å². The molecule has 0 radical (unpaired) electrons. The summed E-state index contributed by atoms with van der Waals surface area (Å²) < 4.78 is 0. The van der Waals surface area contributed by atoms with Gasteiger partial charge in [0.1, 0.15) is 6.04 Å². The maximum Gasteiger partial charge on any atom is 0.326 e. The van der Waals surface area contributed by atoms with Gasteiger partial charge in [0.25, 0.3) is 5.91 Å². The lowest BCUT2D eigenvalue weighted by molar-refractivity contribution is -0.142. The summed E-state index contributed by atoms with van der Waals surface area (Å²) >= 11 is 12.3. The first kappa shape index (κ1) is 26.4. The number of halogens is 2. The Kier molecular flexibility index (Phi) is 7.33. The summed E-state index contributed by atoms with van der Waals surface area (Å²) in [5, 5.41) is 10.6. The van der Waals surface area contributed by atoms with Gasteiger partial charge in [0.15, 0.2) is 0 Å². The van der Waals surface area contributed by atoms with Crippen LogP contribution in [0.25, 0.3) is 11.1 Å². The van der Waals surface area contributed by atoms with Crippen molar-refractivity contribution in [1.82, 2.24) is 4.90 Å². The molecule has 39 heavy (non-hydrogen) atoms. The van der Waals surface area contributed by atoms with Crippen LogP contribution in [0.2, 0.25) is 10.0 Å². The first-order valence-electron chi connectivity index (χ1n) is 12.1. The zero-order valence-corrected chi connectivity index (χ0v) is 21.9. The Morgan fingerprint density at radius 1 is 0.718 bits per heavy atom. The number of hydrogen-bond donors (Lipinski definition) is 1. The van der Waals surface area contributed by atoms with Crippen molar-refractivity contribution in [3.8, 4) is 11.1 Å². The highest BCUT2D eigenvalue weighted by molar-refractivity contribution is 6.53. The lowest BCUT2D eigenvalue weighted by Crippen LogP contribution is -2.46. The number of ketones is 2. The van der Waals surface area contributed by atoms with Crippen LogP contribution in [0.3, 0.4) is 0 Å². The molecule has 8 heteroatoms. The largest absolute Gasteiger partial charge is 0.480 e. The van der Waals surface area contributed by atoms with E-state index in [0.29, 0.717) is 27.3 Å². The van der Waals surface area contributed by atoms with E-state index in [9.17, 15) is 24.3 Å². The molecule has 0 aliphatic heterocycles. The number of carbonyl (C=O) groups excluding carboxylic acids is 3. The fourth-order valence-electron chi connectivity index (χ4n) is 4.78. The molecule has 0 unspecified atom stereocenters. The van der Waals surface area contributed by atoms with Crippen LogP contribution in [0.1, 0.15) is 42.2 Å². The number of amides is 1. The standard InChI is InChI=1S/C31H21Cl2NO5/c32-20-11-13-24(26(33)16-20)30(37)34(27(31(38)39)15-18-6-2-1-3-7-18)17-19-10-12-22-21-8-4-5-9-23(21)28(35)29(36)25(22)14-19/h1-14,16,27H,15,17H2,(H,38,39)/t27-/m0/s1. The average molecular weight is 558 g/mol. The highest BCUT2D eigenvalue weighted by Gasteiger charge is 2.34. The van der Waals surface area contributed by atoms with Crippen molar-refractivity contribution in [2.45, 2.75) is 19.0 Å². The van der Waals surface area contributed by atoms with Crippen molar-refractivity contribution in [3.05, 3.63) is 129 Å². The summed E-state index contributed by atoms with van der Waals surface area (Å²) in [5.41, 5.74) is 3.13. The van der Waals surface area contributed by atoms with Crippen molar-refractivity contribution in [1.29, 1.82) is 0 Å². The molecule has 1 amide bonds. The van der Waals surface area contributed by atoms with E-state index in [1.54, 1.807) is 66.7 Å². The number of aliphatic carboxylic acids is 1. The molecule has 1 N–H and O–H groups in total. The lowest BCUT2D eigenvalue weighted by atomic mass is 9.83. The number of benzene rings is 4. The maximum absolute atomic E-state index is 13.8. The van der Waals surface area contributed by atoms with E-state index in [0.717, 1.165) is 5.56 Å². The molecule has 6 nitrogen and oxygen atoms in total. The van der Waals surface area contributed by atoms with E-state index < -0.39 is 29.5 Å². The number of carboxylic acids is 1. The Bertz CT molecular complexity index is 1630.